The van der Waals surface area contributed by atoms with Gasteiger partial charge < -0.3 is 10.1 Å². The van der Waals surface area contributed by atoms with Gasteiger partial charge in [0, 0.05) is 24.2 Å². The summed E-state index contributed by atoms with van der Waals surface area (Å²) in [5.74, 6) is -0.551. The summed E-state index contributed by atoms with van der Waals surface area (Å²) in [7, 11) is 1.34. The van der Waals surface area contributed by atoms with Crippen LogP contribution in [0.4, 0.5) is 5.69 Å². The van der Waals surface area contributed by atoms with Gasteiger partial charge in [-0.3, -0.25) is 10.1 Å². The van der Waals surface area contributed by atoms with Crippen molar-refractivity contribution in [2.75, 3.05) is 12.4 Å². The first-order chi connectivity index (χ1) is 11.5. The predicted molar refractivity (Wildman–Crippen MR) is 93.8 cm³/mol. The van der Waals surface area contributed by atoms with Crippen LogP contribution in [0.2, 0.25) is 5.02 Å². The Balaban J connectivity index is 2.15. The molecule has 0 bridgehead atoms. The monoisotopic (exact) mass is 346 g/mol. The Kier molecular flexibility index (Phi) is 6.35. The Labute approximate surface area is 146 Å². The summed E-state index contributed by atoms with van der Waals surface area (Å²) >= 11 is 6.19. The summed E-state index contributed by atoms with van der Waals surface area (Å²) in [4.78, 5) is 23.2. The molecule has 0 aromatic heterocycles. The summed E-state index contributed by atoms with van der Waals surface area (Å²) in [6.07, 6.45) is 0. The van der Waals surface area contributed by atoms with Gasteiger partial charge in [-0.15, -0.1) is 0 Å². The summed E-state index contributed by atoms with van der Waals surface area (Å²) < 4.78 is 4.87. The second kappa shape index (κ2) is 8.47. The standard InChI is InChI=1S/C18H19ClN2O3/c1-12(22)21-14-7-5-6-13(10-14)11-20-17(18(23)24-2)15-8-3-4-9-16(15)19/h3-10,17,20H,11H2,1-2H3,(H,21,22). The summed E-state index contributed by atoms with van der Waals surface area (Å²) in [5, 5.41) is 6.37. The topological polar surface area (TPSA) is 67.4 Å². The highest BCUT2D eigenvalue weighted by atomic mass is 35.5. The fourth-order valence-corrected chi connectivity index (χ4v) is 2.57. The van der Waals surface area contributed by atoms with Crippen molar-refractivity contribution in [1.82, 2.24) is 5.32 Å². The van der Waals surface area contributed by atoms with Crippen molar-refractivity contribution in [2.24, 2.45) is 0 Å². The van der Waals surface area contributed by atoms with Crippen LogP contribution in [0, 0.1) is 0 Å². The fourth-order valence-electron chi connectivity index (χ4n) is 2.33. The molecule has 6 heteroatoms. The zero-order chi connectivity index (χ0) is 17.5. The smallest absolute Gasteiger partial charge is 0.327 e. The molecule has 0 heterocycles. The van der Waals surface area contributed by atoms with Crippen molar-refractivity contribution < 1.29 is 14.3 Å². The van der Waals surface area contributed by atoms with Crippen LogP contribution in [0.5, 0.6) is 0 Å². The van der Waals surface area contributed by atoms with Crippen LogP contribution in [0.15, 0.2) is 48.5 Å². The van der Waals surface area contributed by atoms with Crippen LogP contribution in [-0.2, 0) is 20.9 Å². The van der Waals surface area contributed by atoms with Crippen molar-refractivity contribution in [3.63, 3.8) is 0 Å². The van der Waals surface area contributed by atoms with Gasteiger partial charge >= 0.3 is 5.97 Å². The van der Waals surface area contributed by atoms with Crippen molar-refractivity contribution in [3.05, 3.63) is 64.7 Å². The molecule has 0 saturated carbocycles. The second-order valence-corrected chi connectivity index (χ2v) is 5.65. The van der Waals surface area contributed by atoms with Crippen LogP contribution in [-0.4, -0.2) is 19.0 Å². The molecular weight excluding hydrogens is 328 g/mol. The first-order valence-corrected chi connectivity index (χ1v) is 7.81. The number of carbonyl (C=O) groups excluding carboxylic acids is 2. The van der Waals surface area contributed by atoms with E-state index in [4.69, 9.17) is 16.3 Å². The lowest BCUT2D eigenvalue weighted by molar-refractivity contribution is -0.143. The van der Waals surface area contributed by atoms with Gasteiger partial charge in [-0.2, -0.15) is 0 Å². The number of nitrogens with one attached hydrogen (secondary N) is 2. The highest BCUT2D eigenvalue weighted by Gasteiger charge is 2.23. The molecule has 1 amide bonds. The number of hydrogen-bond acceptors (Lipinski definition) is 4. The average molecular weight is 347 g/mol. The third kappa shape index (κ3) is 4.81. The molecule has 0 aliphatic rings. The van der Waals surface area contributed by atoms with E-state index in [1.165, 1.54) is 14.0 Å². The van der Waals surface area contributed by atoms with Gasteiger partial charge in [0.1, 0.15) is 6.04 Å². The highest BCUT2D eigenvalue weighted by Crippen LogP contribution is 2.24. The number of methoxy groups -OCH3 is 1. The van der Waals surface area contributed by atoms with E-state index in [0.717, 1.165) is 5.56 Å². The van der Waals surface area contributed by atoms with Crippen LogP contribution < -0.4 is 10.6 Å². The van der Waals surface area contributed by atoms with Gasteiger partial charge in [-0.25, -0.2) is 4.79 Å². The van der Waals surface area contributed by atoms with Gasteiger partial charge in [0.15, 0.2) is 0 Å². The molecule has 5 nitrogen and oxygen atoms in total. The summed E-state index contributed by atoms with van der Waals surface area (Å²) in [6.45, 7) is 1.87. The van der Waals surface area contributed by atoms with E-state index in [1.807, 2.05) is 24.3 Å². The third-order valence-corrected chi connectivity index (χ3v) is 3.75. The van der Waals surface area contributed by atoms with Crippen molar-refractivity contribution >= 4 is 29.2 Å². The van der Waals surface area contributed by atoms with E-state index in [9.17, 15) is 9.59 Å². The SMILES string of the molecule is COC(=O)C(NCc1cccc(NC(C)=O)c1)c1ccccc1Cl. The molecule has 2 rings (SSSR count). The van der Waals surface area contributed by atoms with E-state index in [-0.39, 0.29) is 5.91 Å². The predicted octanol–water partition coefficient (Wildman–Crippen LogP) is 3.30. The lowest BCUT2D eigenvalue weighted by Crippen LogP contribution is -2.29. The first-order valence-electron chi connectivity index (χ1n) is 7.43. The molecule has 2 N–H and O–H groups in total. The Morgan fingerprint density at radius 3 is 2.58 bits per heavy atom. The van der Waals surface area contributed by atoms with E-state index >= 15 is 0 Å². The zero-order valence-corrected chi connectivity index (χ0v) is 14.3. The number of esters is 1. The number of ether oxygens (including phenoxy) is 1. The Bertz CT molecular complexity index is 734. The second-order valence-electron chi connectivity index (χ2n) is 5.24. The molecule has 1 unspecified atom stereocenters. The van der Waals surface area contributed by atoms with Crippen molar-refractivity contribution in [2.45, 2.75) is 19.5 Å². The highest BCUT2D eigenvalue weighted by molar-refractivity contribution is 6.31. The zero-order valence-electron chi connectivity index (χ0n) is 13.5. The Morgan fingerprint density at radius 1 is 1.17 bits per heavy atom. The maximum Gasteiger partial charge on any atom is 0.327 e. The summed E-state index contributed by atoms with van der Waals surface area (Å²) in [6, 6.07) is 13.8. The average Bonchev–Trinajstić information content (AvgIpc) is 2.56. The maximum absolute atomic E-state index is 12.1. The molecule has 0 fully saturated rings. The molecule has 0 spiro atoms. The van der Waals surface area contributed by atoms with Gasteiger partial charge in [-0.05, 0) is 29.3 Å². The van der Waals surface area contributed by atoms with Crippen LogP contribution >= 0.6 is 11.6 Å². The number of rotatable bonds is 6. The van der Waals surface area contributed by atoms with E-state index in [2.05, 4.69) is 10.6 Å². The Morgan fingerprint density at radius 2 is 1.92 bits per heavy atom. The molecule has 0 saturated heterocycles. The maximum atomic E-state index is 12.1. The number of hydrogen-bond donors (Lipinski definition) is 2. The number of anilines is 1. The van der Waals surface area contributed by atoms with Gasteiger partial charge in [0.25, 0.3) is 0 Å². The van der Waals surface area contributed by atoms with Crippen molar-refractivity contribution in [3.8, 4) is 0 Å². The largest absolute Gasteiger partial charge is 0.468 e. The normalized spacial score (nSPS) is 11.6. The molecule has 24 heavy (non-hydrogen) atoms. The third-order valence-electron chi connectivity index (χ3n) is 3.41. The minimum atomic E-state index is -0.673. The quantitative estimate of drug-likeness (QED) is 0.787. The number of carbonyl (C=O) groups is 2. The lowest BCUT2D eigenvalue weighted by atomic mass is 10.1. The number of amides is 1. The molecular formula is C18H19ClN2O3. The number of halogens is 1. The van der Waals surface area contributed by atoms with Crippen molar-refractivity contribution in [1.29, 1.82) is 0 Å². The van der Waals surface area contributed by atoms with E-state index < -0.39 is 12.0 Å². The summed E-state index contributed by atoms with van der Waals surface area (Å²) in [5.41, 5.74) is 2.28. The van der Waals surface area contributed by atoms with Crippen LogP contribution in [0.1, 0.15) is 24.1 Å². The lowest BCUT2D eigenvalue weighted by Gasteiger charge is -2.18. The van der Waals surface area contributed by atoms with Gasteiger partial charge in [0.2, 0.25) is 5.91 Å². The van der Waals surface area contributed by atoms with E-state index in [0.29, 0.717) is 22.8 Å². The molecule has 0 aliphatic heterocycles. The van der Waals surface area contributed by atoms with E-state index in [1.54, 1.807) is 24.3 Å². The fraction of sp³-hybridized carbons (Fsp3) is 0.222. The van der Waals surface area contributed by atoms with Gasteiger partial charge in [0.05, 0.1) is 7.11 Å². The molecule has 2 aromatic carbocycles. The molecule has 126 valence electrons. The minimum Gasteiger partial charge on any atom is -0.468 e. The molecule has 0 radical (unpaired) electrons. The van der Waals surface area contributed by atoms with Gasteiger partial charge in [-0.1, -0.05) is 41.9 Å². The molecule has 0 aliphatic carbocycles. The molecule has 2 aromatic rings. The molecule has 1 atom stereocenters. The number of benzene rings is 2. The Hall–Kier alpha value is -2.37. The van der Waals surface area contributed by atoms with Crippen LogP contribution in [0.3, 0.4) is 0 Å². The minimum absolute atomic E-state index is 0.136. The first kappa shape index (κ1) is 18.0. The van der Waals surface area contributed by atoms with Crippen LogP contribution in [0.25, 0.3) is 0 Å².